The molecule has 2 aliphatic rings. The highest BCUT2D eigenvalue weighted by Crippen LogP contribution is 2.52. The summed E-state index contributed by atoms with van der Waals surface area (Å²) in [7, 11) is 0. The summed E-state index contributed by atoms with van der Waals surface area (Å²) in [5.74, 6) is -0.135. The average Bonchev–Trinajstić information content (AvgIpc) is 3.54. The topological polar surface area (TPSA) is 46.3 Å². The van der Waals surface area contributed by atoms with Crippen molar-refractivity contribution in [1.29, 1.82) is 0 Å². The lowest BCUT2D eigenvalue weighted by molar-refractivity contribution is -0.132. The summed E-state index contributed by atoms with van der Waals surface area (Å²) in [5, 5.41) is 0. The Morgan fingerprint density at radius 3 is 2.59 bits per heavy atom. The molecule has 2 aromatic rings. The first-order valence-electron chi connectivity index (χ1n) is 10.4. The van der Waals surface area contributed by atoms with Crippen molar-refractivity contribution in [2.75, 3.05) is 19.3 Å². The number of rotatable bonds is 3. The van der Waals surface area contributed by atoms with Gasteiger partial charge in [0, 0.05) is 25.0 Å². The molecule has 1 aliphatic heterocycles. The Bertz CT molecular complexity index is 842. The van der Waals surface area contributed by atoms with Crippen LogP contribution in [0.5, 0.6) is 0 Å². The fourth-order valence-corrected chi connectivity index (χ4v) is 4.35. The van der Waals surface area contributed by atoms with Crippen LogP contribution in [0.2, 0.25) is 0 Å². The second-order valence-corrected chi connectivity index (χ2v) is 8.04. The maximum Gasteiger partial charge on any atom is 0.226 e. The van der Waals surface area contributed by atoms with Crippen LogP contribution in [-0.2, 0) is 4.79 Å². The molecule has 1 heterocycles. The Morgan fingerprint density at radius 1 is 1.14 bits per heavy atom. The minimum absolute atomic E-state index is 0.0229. The van der Waals surface area contributed by atoms with Gasteiger partial charge in [-0.25, -0.2) is 4.39 Å². The van der Waals surface area contributed by atoms with Crippen LogP contribution in [0.15, 0.2) is 42.5 Å². The molecule has 1 aliphatic carbocycles. The maximum absolute atomic E-state index is 14.9. The van der Waals surface area contributed by atoms with Gasteiger partial charge in [0.25, 0.3) is 0 Å². The van der Waals surface area contributed by atoms with Crippen molar-refractivity contribution >= 4 is 18.5 Å². The van der Waals surface area contributed by atoms with Crippen LogP contribution in [0, 0.1) is 18.7 Å². The summed E-state index contributed by atoms with van der Waals surface area (Å²) in [6.45, 7) is 3.41. The SMILES string of the molecule is CS.Cc1cc(F)c(C2CC2C(=O)N2CCCC(N)CC2)c(-c2ccccc2)c1. The van der Waals surface area contributed by atoms with E-state index >= 15 is 0 Å². The van der Waals surface area contributed by atoms with Gasteiger partial charge >= 0.3 is 0 Å². The van der Waals surface area contributed by atoms with E-state index in [4.69, 9.17) is 5.73 Å². The predicted molar refractivity (Wildman–Crippen MR) is 121 cm³/mol. The maximum atomic E-state index is 14.9. The lowest BCUT2D eigenvalue weighted by Gasteiger charge is -2.21. The second-order valence-electron chi connectivity index (χ2n) is 8.04. The van der Waals surface area contributed by atoms with Gasteiger partial charge in [-0.1, -0.05) is 36.4 Å². The molecule has 0 radical (unpaired) electrons. The van der Waals surface area contributed by atoms with E-state index in [9.17, 15) is 9.18 Å². The molecule has 4 rings (SSSR count). The van der Waals surface area contributed by atoms with Gasteiger partial charge in [-0.05, 0) is 73.1 Å². The van der Waals surface area contributed by atoms with Crippen molar-refractivity contribution < 1.29 is 9.18 Å². The van der Waals surface area contributed by atoms with Crippen molar-refractivity contribution in [1.82, 2.24) is 4.90 Å². The number of carbonyl (C=O) groups excluding carboxylic acids is 1. The molecular formula is C24H31FN2OS. The van der Waals surface area contributed by atoms with E-state index < -0.39 is 0 Å². The molecule has 3 unspecified atom stereocenters. The van der Waals surface area contributed by atoms with Gasteiger partial charge in [0.2, 0.25) is 5.91 Å². The number of hydrogen-bond donors (Lipinski definition) is 2. The molecule has 2 aromatic carbocycles. The Balaban J connectivity index is 0.00000117. The van der Waals surface area contributed by atoms with Gasteiger partial charge in [0.15, 0.2) is 0 Å². The zero-order chi connectivity index (χ0) is 21.0. The summed E-state index contributed by atoms with van der Waals surface area (Å²) in [4.78, 5) is 14.9. The first-order chi connectivity index (χ1) is 14.0. The van der Waals surface area contributed by atoms with Crippen LogP contribution in [0.25, 0.3) is 11.1 Å². The molecule has 0 aromatic heterocycles. The largest absolute Gasteiger partial charge is 0.342 e. The molecule has 3 nitrogen and oxygen atoms in total. The van der Waals surface area contributed by atoms with Gasteiger partial charge < -0.3 is 10.6 Å². The van der Waals surface area contributed by atoms with E-state index in [1.165, 1.54) is 0 Å². The van der Waals surface area contributed by atoms with E-state index in [1.807, 2.05) is 48.2 Å². The fraction of sp³-hybridized carbons (Fsp3) is 0.458. The summed E-state index contributed by atoms with van der Waals surface area (Å²) in [6, 6.07) is 13.7. The van der Waals surface area contributed by atoms with E-state index in [-0.39, 0.29) is 29.6 Å². The highest BCUT2D eigenvalue weighted by atomic mass is 32.1. The standard InChI is InChI=1S/C23H27FN2O.CH4S/c1-15-12-18(16-6-3-2-4-7-16)22(21(24)13-15)19-14-20(19)23(27)26-10-5-8-17(25)9-11-26;1-2/h2-4,6-7,12-13,17,19-20H,5,8-11,14,25H2,1H3;2H,1H3. The highest BCUT2D eigenvalue weighted by molar-refractivity contribution is 7.79. The number of benzene rings is 2. The number of thiol groups is 1. The number of aryl methyl sites for hydroxylation is 1. The van der Waals surface area contributed by atoms with Crippen LogP contribution >= 0.6 is 12.6 Å². The van der Waals surface area contributed by atoms with Gasteiger partial charge in [-0.3, -0.25) is 4.79 Å². The van der Waals surface area contributed by atoms with Gasteiger partial charge in [-0.15, -0.1) is 0 Å². The monoisotopic (exact) mass is 414 g/mol. The number of nitrogens with zero attached hydrogens (tertiary/aromatic N) is 1. The van der Waals surface area contributed by atoms with Gasteiger partial charge in [0.1, 0.15) is 5.82 Å². The van der Waals surface area contributed by atoms with Gasteiger partial charge in [-0.2, -0.15) is 12.6 Å². The van der Waals surface area contributed by atoms with Crippen molar-refractivity contribution in [2.45, 2.75) is 44.6 Å². The molecule has 1 saturated heterocycles. The molecule has 29 heavy (non-hydrogen) atoms. The number of halogens is 1. The summed E-state index contributed by atoms with van der Waals surface area (Å²) in [5.41, 5.74) is 9.58. The van der Waals surface area contributed by atoms with Crippen molar-refractivity contribution in [3.8, 4) is 11.1 Å². The van der Waals surface area contributed by atoms with E-state index in [2.05, 4.69) is 12.6 Å². The molecule has 0 spiro atoms. The molecule has 1 saturated carbocycles. The number of likely N-dealkylation sites (tertiary alicyclic amines) is 1. The Kier molecular flexibility index (Phi) is 7.36. The second kappa shape index (κ2) is 9.77. The zero-order valence-corrected chi connectivity index (χ0v) is 18.2. The molecule has 0 bridgehead atoms. The number of amides is 1. The summed E-state index contributed by atoms with van der Waals surface area (Å²) in [6.07, 6.45) is 5.22. The summed E-state index contributed by atoms with van der Waals surface area (Å²) < 4.78 is 14.9. The number of carbonyl (C=O) groups is 1. The van der Waals surface area contributed by atoms with Gasteiger partial charge in [0.05, 0.1) is 0 Å². The van der Waals surface area contributed by atoms with Crippen LogP contribution in [0.3, 0.4) is 0 Å². The summed E-state index contributed by atoms with van der Waals surface area (Å²) >= 11 is 3.53. The quantitative estimate of drug-likeness (QED) is 0.710. The average molecular weight is 415 g/mol. The normalized spacial score (nSPS) is 23.6. The molecule has 2 fully saturated rings. The number of nitrogens with two attached hydrogens (primary N) is 1. The highest BCUT2D eigenvalue weighted by Gasteiger charge is 2.48. The van der Waals surface area contributed by atoms with Crippen molar-refractivity contribution in [3.63, 3.8) is 0 Å². The molecule has 2 N–H and O–H groups in total. The fourth-order valence-electron chi connectivity index (χ4n) is 4.35. The first kappa shape index (κ1) is 21.8. The predicted octanol–water partition coefficient (Wildman–Crippen LogP) is 4.79. The van der Waals surface area contributed by atoms with Crippen LogP contribution in [0.1, 0.15) is 42.7 Å². The lowest BCUT2D eigenvalue weighted by atomic mass is 9.93. The lowest BCUT2D eigenvalue weighted by Crippen LogP contribution is -2.34. The van der Waals surface area contributed by atoms with Crippen LogP contribution < -0.4 is 5.73 Å². The Hall–Kier alpha value is -1.85. The van der Waals surface area contributed by atoms with Crippen molar-refractivity contribution in [3.05, 3.63) is 59.4 Å². The smallest absolute Gasteiger partial charge is 0.226 e. The Morgan fingerprint density at radius 2 is 1.86 bits per heavy atom. The van der Waals surface area contributed by atoms with E-state index in [0.717, 1.165) is 55.5 Å². The third-order valence-corrected chi connectivity index (χ3v) is 5.92. The third-order valence-electron chi connectivity index (χ3n) is 5.92. The zero-order valence-electron chi connectivity index (χ0n) is 17.3. The molecule has 1 amide bonds. The Labute approximate surface area is 178 Å². The number of hydrogen-bond acceptors (Lipinski definition) is 3. The minimum Gasteiger partial charge on any atom is -0.342 e. The minimum atomic E-state index is -0.188. The van der Waals surface area contributed by atoms with Crippen molar-refractivity contribution in [2.24, 2.45) is 11.7 Å². The van der Waals surface area contributed by atoms with Crippen LogP contribution in [0.4, 0.5) is 4.39 Å². The van der Waals surface area contributed by atoms with Crippen LogP contribution in [-0.4, -0.2) is 36.2 Å². The molecular weight excluding hydrogens is 383 g/mol. The molecule has 3 atom stereocenters. The molecule has 156 valence electrons. The van der Waals surface area contributed by atoms with E-state index in [1.54, 1.807) is 12.3 Å². The third kappa shape index (κ3) is 5.01. The first-order valence-corrected chi connectivity index (χ1v) is 11.3. The molecule has 5 heteroatoms. The van der Waals surface area contributed by atoms with E-state index in [0.29, 0.717) is 5.56 Å².